The molecule has 0 radical (unpaired) electrons. The highest BCUT2D eigenvalue weighted by molar-refractivity contribution is 5.34. The van der Waals surface area contributed by atoms with Crippen LogP contribution in [-0.4, -0.2) is 13.7 Å². The van der Waals surface area contributed by atoms with Crippen LogP contribution in [0.4, 0.5) is 4.39 Å². The van der Waals surface area contributed by atoms with Gasteiger partial charge in [-0.2, -0.15) is 5.26 Å². The number of halogens is 1. The van der Waals surface area contributed by atoms with Crippen LogP contribution in [0.25, 0.3) is 0 Å². The van der Waals surface area contributed by atoms with E-state index in [0.29, 0.717) is 12.1 Å². The van der Waals surface area contributed by atoms with Crippen LogP contribution in [0.1, 0.15) is 16.7 Å². The van der Waals surface area contributed by atoms with Crippen molar-refractivity contribution < 1.29 is 9.13 Å². The number of hydrogen-bond acceptors (Lipinski definition) is 3. The van der Waals surface area contributed by atoms with Crippen molar-refractivity contribution in [2.24, 2.45) is 0 Å². The van der Waals surface area contributed by atoms with Crippen molar-refractivity contribution in [1.82, 2.24) is 5.32 Å². The van der Waals surface area contributed by atoms with E-state index in [0.717, 1.165) is 29.8 Å². The number of rotatable bonds is 6. The molecule has 0 unspecified atom stereocenters. The Bertz CT molecular complexity index is 649. The summed E-state index contributed by atoms with van der Waals surface area (Å²) in [7, 11) is 1.66. The van der Waals surface area contributed by atoms with E-state index in [1.165, 1.54) is 12.1 Å². The fourth-order valence-electron chi connectivity index (χ4n) is 2.18. The van der Waals surface area contributed by atoms with Crippen molar-refractivity contribution in [3.8, 4) is 11.8 Å². The van der Waals surface area contributed by atoms with Crippen molar-refractivity contribution >= 4 is 0 Å². The monoisotopic (exact) mass is 284 g/mol. The largest absolute Gasteiger partial charge is 0.496 e. The summed E-state index contributed by atoms with van der Waals surface area (Å²) in [6, 6.07) is 14.2. The van der Waals surface area contributed by atoms with Gasteiger partial charge in [0.05, 0.1) is 18.7 Å². The molecule has 0 aliphatic rings. The van der Waals surface area contributed by atoms with E-state index in [1.54, 1.807) is 13.2 Å². The van der Waals surface area contributed by atoms with E-state index < -0.39 is 0 Å². The van der Waals surface area contributed by atoms with Crippen LogP contribution < -0.4 is 10.1 Å². The van der Waals surface area contributed by atoms with Gasteiger partial charge in [0.1, 0.15) is 11.6 Å². The number of hydrogen-bond donors (Lipinski definition) is 1. The van der Waals surface area contributed by atoms with Crippen LogP contribution in [0.2, 0.25) is 0 Å². The van der Waals surface area contributed by atoms with Crippen molar-refractivity contribution in [3.05, 3.63) is 65.0 Å². The van der Waals surface area contributed by atoms with E-state index in [9.17, 15) is 4.39 Å². The third-order valence-electron chi connectivity index (χ3n) is 3.18. The topological polar surface area (TPSA) is 45.0 Å². The van der Waals surface area contributed by atoms with Gasteiger partial charge in [-0.05, 0) is 48.4 Å². The fourth-order valence-corrected chi connectivity index (χ4v) is 2.18. The maximum absolute atomic E-state index is 13.3. The second-order valence-corrected chi connectivity index (χ2v) is 4.70. The Hall–Kier alpha value is -2.38. The van der Waals surface area contributed by atoms with Crippen LogP contribution in [-0.2, 0) is 13.0 Å². The van der Waals surface area contributed by atoms with Crippen LogP contribution in [0, 0.1) is 17.1 Å². The molecular formula is C17H17FN2O. The quantitative estimate of drug-likeness (QED) is 0.829. The first kappa shape index (κ1) is 15.0. The number of methoxy groups -OCH3 is 1. The predicted octanol–water partition coefficient (Wildman–Crippen LogP) is 3.04. The van der Waals surface area contributed by atoms with Crippen molar-refractivity contribution in [2.45, 2.75) is 13.0 Å². The van der Waals surface area contributed by atoms with Gasteiger partial charge in [0.15, 0.2) is 0 Å². The Morgan fingerprint density at radius 2 is 2.05 bits per heavy atom. The smallest absolute Gasteiger partial charge is 0.124 e. The molecular weight excluding hydrogens is 267 g/mol. The van der Waals surface area contributed by atoms with Gasteiger partial charge in [-0.1, -0.05) is 18.2 Å². The van der Waals surface area contributed by atoms with Crippen LogP contribution in [0.5, 0.6) is 5.75 Å². The average molecular weight is 284 g/mol. The summed E-state index contributed by atoms with van der Waals surface area (Å²) >= 11 is 0. The lowest BCUT2D eigenvalue weighted by Crippen LogP contribution is -2.17. The summed E-state index contributed by atoms with van der Waals surface area (Å²) in [5.74, 6) is 0.493. The highest BCUT2D eigenvalue weighted by Gasteiger charge is 2.02. The van der Waals surface area contributed by atoms with Crippen molar-refractivity contribution in [3.63, 3.8) is 0 Å². The lowest BCUT2D eigenvalue weighted by Gasteiger charge is -2.09. The fraction of sp³-hybridized carbons (Fsp3) is 0.235. The van der Waals surface area contributed by atoms with E-state index >= 15 is 0 Å². The molecule has 0 spiro atoms. The van der Waals surface area contributed by atoms with Crippen LogP contribution >= 0.6 is 0 Å². The number of benzene rings is 2. The predicted molar refractivity (Wildman–Crippen MR) is 79.5 cm³/mol. The van der Waals surface area contributed by atoms with Gasteiger partial charge >= 0.3 is 0 Å². The zero-order valence-electron chi connectivity index (χ0n) is 11.9. The van der Waals surface area contributed by atoms with Crippen molar-refractivity contribution in [2.75, 3.05) is 13.7 Å². The molecule has 1 N–H and O–H groups in total. The van der Waals surface area contributed by atoms with Crippen LogP contribution in [0.15, 0.2) is 42.5 Å². The van der Waals surface area contributed by atoms with E-state index in [4.69, 9.17) is 10.00 Å². The Morgan fingerprint density at radius 3 is 2.81 bits per heavy atom. The molecule has 0 aromatic heterocycles. The Kier molecular flexibility index (Phi) is 5.30. The molecule has 0 atom stereocenters. The van der Waals surface area contributed by atoms with E-state index in [-0.39, 0.29) is 5.82 Å². The maximum Gasteiger partial charge on any atom is 0.124 e. The standard InChI is InChI=1S/C17H17FN2O/c1-21-17-5-3-2-4-15(17)6-7-20-12-14-8-13(11-19)9-16(18)10-14/h2-5,8-10,20H,6-7,12H2,1H3. The molecule has 2 aromatic rings. The molecule has 108 valence electrons. The molecule has 0 heterocycles. The van der Waals surface area contributed by atoms with Gasteiger partial charge in [-0.15, -0.1) is 0 Å². The SMILES string of the molecule is COc1ccccc1CCNCc1cc(F)cc(C#N)c1. The number of ether oxygens (including phenoxy) is 1. The number of para-hydroxylation sites is 1. The summed E-state index contributed by atoms with van der Waals surface area (Å²) < 4.78 is 18.6. The van der Waals surface area contributed by atoms with Gasteiger partial charge in [0.25, 0.3) is 0 Å². The Morgan fingerprint density at radius 1 is 1.24 bits per heavy atom. The Balaban J connectivity index is 1.88. The zero-order chi connectivity index (χ0) is 15.1. The molecule has 3 nitrogen and oxygen atoms in total. The van der Waals surface area contributed by atoms with E-state index in [2.05, 4.69) is 5.32 Å². The van der Waals surface area contributed by atoms with Crippen LogP contribution in [0.3, 0.4) is 0 Å². The third-order valence-corrected chi connectivity index (χ3v) is 3.18. The molecule has 2 rings (SSSR count). The van der Waals surface area contributed by atoms with E-state index in [1.807, 2.05) is 30.3 Å². The first-order valence-corrected chi connectivity index (χ1v) is 6.75. The van der Waals surface area contributed by atoms with Gasteiger partial charge in [0.2, 0.25) is 0 Å². The molecule has 0 saturated heterocycles. The highest BCUT2D eigenvalue weighted by atomic mass is 19.1. The summed E-state index contributed by atoms with van der Waals surface area (Å²) in [4.78, 5) is 0. The average Bonchev–Trinajstić information content (AvgIpc) is 2.51. The molecule has 0 fully saturated rings. The summed E-state index contributed by atoms with van der Waals surface area (Å²) in [6.07, 6.45) is 0.824. The molecule has 21 heavy (non-hydrogen) atoms. The molecule has 0 saturated carbocycles. The minimum absolute atomic E-state index is 0.344. The summed E-state index contributed by atoms with van der Waals surface area (Å²) in [5, 5.41) is 12.1. The van der Waals surface area contributed by atoms with Gasteiger partial charge < -0.3 is 10.1 Å². The highest BCUT2D eigenvalue weighted by Crippen LogP contribution is 2.17. The van der Waals surface area contributed by atoms with Crippen molar-refractivity contribution in [1.29, 1.82) is 5.26 Å². The summed E-state index contributed by atoms with van der Waals surface area (Å²) in [6.45, 7) is 1.28. The second kappa shape index (κ2) is 7.41. The minimum Gasteiger partial charge on any atom is -0.496 e. The molecule has 0 amide bonds. The second-order valence-electron chi connectivity index (χ2n) is 4.70. The molecule has 0 aliphatic heterocycles. The number of nitrogens with one attached hydrogen (secondary N) is 1. The first-order valence-electron chi connectivity index (χ1n) is 6.75. The van der Waals surface area contributed by atoms with Gasteiger partial charge in [0, 0.05) is 6.54 Å². The Labute approximate surface area is 124 Å². The maximum atomic E-state index is 13.3. The molecule has 0 aliphatic carbocycles. The lowest BCUT2D eigenvalue weighted by atomic mass is 10.1. The third kappa shape index (κ3) is 4.30. The minimum atomic E-state index is -0.379. The zero-order valence-corrected chi connectivity index (χ0v) is 11.9. The molecule has 4 heteroatoms. The first-order chi connectivity index (χ1) is 10.2. The normalized spacial score (nSPS) is 10.1. The van der Waals surface area contributed by atoms with Gasteiger partial charge in [-0.3, -0.25) is 0 Å². The number of nitrogens with zero attached hydrogens (tertiary/aromatic N) is 1. The molecule has 0 bridgehead atoms. The number of nitriles is 1. The molecule has 2 aromatic carbocycles. The van der Waals surface area contributed by atoms with Gasteiger partial charge in [-0.25, -0.2) is 4.39 Å². The summed E-state index contributed by atoms with van der Waals surface area (Å²) in [5.41, 5.74) is 2.24. The lowest BCUT2D eigenvalue weighted by molar-refractivity contribution is 0.409.